The number of nitrogens with zero attached hydrogens (tertiary/aromatic N) is 1. The lowest BCUT2D eigenvalue weighted by atomic mass is 9.77. The topological polar surface area (TPSA) is 94.3 Å². The fourth-order valence-corrected chi connectivity index (χ4v) is 3.63. The van der Waals surface area contributed by atoms with Crippen molar-refractivity contribution in [3.05, 3.63) is 59.4 Å². The van der Waals surface area contributed by atoms with Gasteiger partial charge in [0.1, 0.15) is 11.8 Å². The van der Waals surface area contributed by atoms with Gasteiger partial charge in [-0.3, -0.25) is 14.6 Å². The smallest absolute Gasteiger partial charge is 0.364 e. The lowest BCUT2D eigenvalue weighted by molar-refractivity contribution is -0.272. The number of nitrogens with two attached hydrogens (primary N) is 1. The molecule has 1 aromatic heterocycles. The predicted octanol–water partition coefficient (Wildman–Crippen LogP) is 3.54. The molecule has 166 valence electrons. The Kier molecular flexibility index (Phi) is 5.74. The van der Waals surface area contributed by atoms with Crippen LogP contribution in [0, 0.1) is 17.6 Å². The minimum Gasteiger partial charge on any atom is -0.364 e. The van der Waals surface area contributed by atoms with Crippen molar-refractivity contribution in [1.82, 2.24) is 4.98 Å². The summed E-state index contributed by atoms with van der Waals surface area (Å²) in [5.41, 5.74) is 2.27. The van der Waals surface area contributed by atoms with Gasteiger partial charge in [-0.25, -0.2) is 8.78 Å². The Labute approximate surface area is 173 Å². The van der Waals surface area contributed by atoms with Gasteiger partial charge in [0, 0.05) is 23.7 Å². The molecule has 11 heteroatoms. The molecule has 0 unspecified atom stereocenters. The summed E-state index contributed by atoms with van der Waals surface area (Å²) in [5, 5.41) is 2.37. The van der Waals surface area contributed by atoms with E-state index < -0.39 is 53.2 Å². The van der Waals surface area contributed by atoms with E-state index in [9.17, 15) is 31.5 Å². The summed E-state index contributed by atoms with van der Waals surface area (Å²) in [6.07, 6.45) is -5.34. The number of halogens is 5. The fraction of sp³-hybridized carbons (Fsp3) is 0.350. The fourth-order valence-electron chi connectivity index (χ4n) is 3.63. The lowest BCUT2D eigenvalue weighted by Crippen LogP contribution is -2.47. The number of nitrogens with one attached hydrogen (secondary N) is 1. The number of hydrogen-bond donors (Lipinski definition) is 2. The second-order valence-corrected chi connectivity index (χ2v) is 7.41. The van der Waals surface area contributed by atoms with Crippen LogP contribution in [0.25, 0.3) is 0 Å². The summed E-state index contributed by atoms with van der Waals surface area (Å²) in [6.45, 7) is 2.03. The van der Waals surface area contributed by atoms with Crippen LogP contribution < -0.4 is 11.1 Å². The van der Waals surface area contributed by atoms with Gasteiger partial charge in [0.05, 0.1) is 0 Å². The summed E-state index contributed by atoms with van der Waals surface area (Å²) in [4.78, 5) is 27.9. The standard InChI is InChI=1S/C20H18F5N3O3/c1-9-15(10-3-4-12(21)13(22)7-10)16(31-19(9,2)20(23,24)25)18(30)28-11-5-6-27-14(8-11)17(26)29/h3-9,15-16H,1-2H3,(H2,26,29)(H,27,28,30)/t9-,15-,16-,19+/m0/s1. The molecule has 1 saturated heterocycles. The van der Waals surface area contributed by atoms with Crippen molar-refractivity contribution in [2.75, 3.05) is 5.32 Å². The third kappa shape index (κ3) is 4.09. The lowest BCUT2D eigenvalue weighted by Gasteiger charge is -2.31. The molecular weight excluding hydrogens is 425 g/mol. The number of ether oxygens (including phenoxy) is 1. The van der Waals surface area contributed by atoms with Crippen LogP contribution >= 0.6 is 0 Å². The molecule has 6 nitrogen and oxygen atoms in total. The summed E-state index contributed by atoms with van der Waals surface area (Å²) in [5.74, 6) is -6.82. The van der Waals surface area contributed by atoms with E-state index in [4.69, 9.17) is 10.5 Å². The van der Waals surface area contributed by atoms with Crippen LogP contribution in [0.3, 0.4) is 0 Å². The largest absolute Gasteiger partial charge is 0.417 e. The minimum atomic E-state index is -4.84. The Morgan fingerprint density at radius 3 is 2.42 bits per heavy atom. The molecule has 1 aliphatic rings. The van der Waals surface area contributed by atoms with Crippen LogP contribution in [0.2, 0.25) is 0 Å². The van der Waals surface area contributed by atoms with Crippen molar-refractivity contribution in [3.8, 4) is 0 Å². The van der Waals surface area contributed by atoms with Gasteiger partial charge in [0.2, 0.25) is 0 Å². The molecule has 31 heavy (non-hydrogen) atoms. The van der Waals surface area contributed by atoms with E-state index in [-0.39, 0.29) is 16.9 Å². The average molecular weight is 443 g/mol. The van der Waals surface area contributed by atoms with Crippen molar-refractivity contribution in [3.63, 3.8) is 0 Å². The second-order valence-electron chi connectivity index (χ2n) is 7.41. The number of carbonyl (C=O) groups excluding carboxylic acids is 2. The van der Waals surface area contributed by atoms with Gasteiger partial charge in [-0.1, -0.05) is 13.0 Å². The number of benzene rings is 1. The van der Waals surface area contributed by atoms with E-state index in [1.165, 1.54) is 19.2 Å². The third-order valence-electron chi connectivity index (χ3n) is 5.54. The zero-order valence-electron chi connectivity index (χ0n) is 16.3. The number of alkyl halides is 3. The third-order valence-corrected chi connectivity index (χ3v) is 5.54. The van der Waals surface area contributed by atoms with Crippen molar-refractivity contribution in [2.45, 2.75) is 37.6 Å². The first kappa shape index (κ1) is 22.6. The maximum absolute atomic E-state index is 13.8. The predicted molar refractivity (Wildman–Crippen MR) is 99.0 cm³/mol. The minimum absolute atomic E-state index is 0.0212. The molecule has 1 fully saturated rings. The molecule has 0 saturated carbocycles. The van der Waals surface area contributed by atoms with Crippen LogP contribution in [-0.2, 0) is 9.53 Å². The van der Waals surface area contributed by atoms with E-state index in [0.717, 1.165) is 31.2 Å². The van der Waals surface area contributed by atoms with Crippen LogP contribution in [-0.4, -0.2) is 34.7 Å². The molecule has 2 aromatic rings. The number of amides is 2. The van der Waals surface area contributed by atoms with E-state index in [1.807, 2.05) is 0 Å². The van der Waals surface area contributed by atoms with Crippen molar-refractivity contribution in [1.29, 1.82) is 0 Å². The first-order valence-corrected chi connectivity index (χ1v) is 9.11. The van der Waals surface area contributed by atoms with Crippen molar-refractivity contribution < 1.29 is 36.3 Å². The first-order valence-electron chi connectivity index (χ1n) is 9.11. The second kappa shape index (κ2) is 7.88. The molecular formula is C20H18F5N3O3. The molecule has 4 atom stereocenters. The van der Waals surface area contributed by atoms with E-state index in [0.29, 0.717) is 0 Å². The highest BCUT2D eigenvalue weighted by molar-refractivity contribution is 5.97. The molecule has 0 radical (unpaired) electrons. The molecule has 3 N–H and O–H groups in total. The number of pyridine rings is 1. The highest BCUT2D eigenvalue weighted by Gasteiger charge is 2.65. The molecule has 2 heterocycles. The van der Waals surface area contributed by atoms with Crippen LogP contribution in [0.5, 0.6) is 0 Å². The Morgan fingerprint density at radius 2 is 1.84 bits per heavy atom. The Hall–Kier alpha value is -3.08. The van der Waals surface area contributed by atoms with Gasteiger partial charge in [-0.05, 0) is 36.8 Å². The van der Waals surface area contributed by atoms with E-state index in [1.54, 1.807) is 0 Å². The van der Waals surface area contributed by atoms with Crippen molar-refractivity contribution >= 4 is 17.5 Å². The van der Waals surface area contributed by atoms with Crippen LogP contribution in [0.15, 0.2) is 36.5 Å². The quantitative estimate of drug-likeness (QED) is 0.707. The Bertz CT molecular complexity index is 1030. The molecule has 0 spiro atoms. The van der Waals surface area contributed by atoms with Crippen LogP contribution in [0.4, 0.5) is 27.6 Å². The maximum atomic E-state index is 13.8. The number of aromatic nitrogens is 1. The molecule has 1 aliphatic heterocycles. The number of rotatable bonds is 4. The summed E-state index contributed by atoms with van der Waals surface area (Å²) in [7, 11) is 0. The highest BCUT2D eigenvalue weighted by atomic mass is 19.4. The highest BCUT2D eigenvalue weighted by Crippen LogP contribution is 2.53. The van der Waals surface area contributed by atoms with Crippen LogP contribution in [0.1, 0.15) is 35.8 Å². The molecule has 3 rings (SSSR count). The van der Waals surface area contributed by atoms with Crippen molar-refractivity contribution in [2.24, 2.45) is 11.7 Å². The van der Waals surface area contributed by atoms with Gasteiger partial charge in [0.25, 0.3) is 11.8 Å². The van der Waals surface area contributed by atoms with Gasteiger partial charge in [0.15, 0.2) is 17.2 Å². The molecule has 2 amide bonds. The average Bonchev–Trinajstić information content (AvgIpc) is 2.96. The summed E-state index contributed by atoms with van der Waals surface area (Å²) >= 11 is 0. The number of hydrogen-bond acceptors (Lipinski definition) is 4. The maximum Gasteiger partial charge on any atom is 0.417 e. The number of primary amides is 1. The Balaban J connectivity index is 2.00. The number of carbonyl (C=O) groups is 2. The summed E-state index contributed by atoms with van der Waals surface area (Å²) < 4.78 is 73.7. The van der Waals surface area contributed by atoms with Gasteiger partial charge < -0.3 is 15.8 Å². The normalized spacial score (nSPS) is 26.0. The zero-order valence-corrected chi connectivity index (χ0v) is 16.3. The van der Waals surface area contributed by atoms with Gasteiger partial charge >= 0.3 is 6.18 Å². The SMILES string of the molecule is C[C@H]1[C@@H](c2ccc(F)c(F)c2)[C@@H](C(=O)Nc2ccnc(C(N)=O)c2)O[C@@]1(C)C(F)(F)F. The molecule has 0 aliphatic carbocycles. The molecule has 1 aromatic carbocycles. The number of anilines is 1. The van der Waals surface area contributed by atoms with E-state index >= 15 is 0 Å². The van der Waals surface area contributed by atoms with Gasteiger partial charge in [-0.15, -0.1) is 0 Å². The molecule has 0 bridgehead atoms. The zero-order chi connectivity index (χ0) is 23.1. The summed E-state index contributed by atoms with van der Waals surface area (Å²) in [6, 6.07) is 5.09. The monoisotopic (exact) mass is 443 g/mol. The first-order chi connectivity index (χ1) is 14.3. The Morgan fingerprint density at radius 1 is 1.16 bits per heavy atom. The van der Waals surface area contributed by atoms with E-state index in [2.05, 4.69) is 10.3 Å². The van der Waals surface area contributed by atoms with Gasteiger partial charge in [-0.2, -0.15) is 13.2 Å².